The Morgan fingerprint density at radius 3 is 2.07 bits per heavy atom. The quantitative estimate of drug-likeness (QED) is 0.502. The Morgan fingerprint density at radius 2 is 1.67 bits per heavy atom. The monoisotopic (exact) mass is 264 g/mol. The minimum atomic E-state index is -4.12. The number of hydrogen-bond acceptors (Lipinski definition) is 3. The Bertz CT molecular complexity index is 392. The molecular formula is C8H10Na2O3S2. The average molecular weight is 264 g/mol. The van der Waals surface area contributed by atoms with Gasteiger partial charge in [-0.05, 0) is 11.8 Å². The topological polar surface area (TPSA) is 63.2 Å². The van der Waals surface area contributed by atoms with Crippen LogP contribution in [0.2, 0.25) is 0 Å². The van der Waals surface area contributed by atoms with Crippen molar-refractivity contribution in [1.29, 1.82) is 0 Å². The van der Waals surface area contributed by atoms with E-state index < -0.39 is 18.5 Å². The van der Waals surface area contributed by atoms with Crippen LogP contribution in [0, 0.1) is 0 Å². The molecule has 0 amide bonds. The zero-order chi connectivity index (χ0) is 9.90. The number of hydrogen-bond donors (Lipinski definition) is 0. The summed E-state index contributed by atoms with van der Waals surface area (Å²) in [6.07, 6.45) is 1.45. The van der Waals surface area contributed by atoms with E-state index in [9.17, 15) is 13.3 Å². The summed E-state index contributed by atoms with van der Waals surface area (Å²) >= 11 is 0. The third-order valence-electron chi connectivity index (χ3n) is 1.56. The smallest absolute Gasteiger partial charge is 0.784 e. The predicted molar refractivity (Wildman–Crippen MR) is 53.1 cm³/mol. The Kier molecular flexibility index (Phi) is 11.0. The second kappa shape index (κ2) is 8.69. The van der Waals surface area contributed by atoms with Gasteiger partial charge in [0.25, 0.3) is 0 Å². The molecule has 0 radical (unpaired) electrons. The van der Waals surface area contributed by atoms with E-state index in [0.717, 1.165) is 5.56 Å². The van der Waals surface area contributed by atoms with Gasteiger partial charge in [0.15, 0.2) is 0 Å². The van der Waals surface area contributed by atoms with Crippen LogP contribution in [-0.4, -0.2) is 19.6 Å². The summed E-state index contributed by atoms with van der Waals surface area (Å²) in [7, 11) is -5.24. The fourth-order valence-corrected chi connectivity index (χ4v) is 2.53. The molecule has 1 aromatic rings. The summed E-state index contributed by atoms with van der Waals surface area (Å²) < 4.78 is 31.8. The van der Waals surface area contributed by atoms with Crippen LogP contribution in [-0.2, 0) is 24.3 Å². The summed E-state index contributed by atoms with van der Waals surface area (Å²) in [4.78, 5) is 0. The fraction of sp³-hybridized carbons (Fsp3) is 0.250. The third kappa shape index (κ3) is 7.54. The van der Waals surface area contributed by atoms with Crippen molar-refractivity contribution in [1.82, 2.24) is 0 Å². The van der Waals surface area contributed by atoms with Crippen molar-refractivity contribution in [3.8, 4) is 0 Å². The van der Waals surface area contributed by atoms with Crippen LogP contribution in [0.25, 0.3) is 0 Å². The molecule has 1 unspecified atom stereocenters. The van der Waals surface area contributed by atoms with Crippen LogP contribution in [0.15, 0.2) is 30.3 Å². The van der Waals surface area contributed by atoms with Crippen LogP contribution >= 0.6 is 0 Å². The van der Waals surface area contributed by atoms with Crippen molar-refractivity contribution >= 4 is 18.5 Å². The Labute approximate surface area is 137 Å². The first-order valence-corrected chi connectivity index (χ1v) is 7.36. The first-order valence-electron chi connectivity index (χ1n) is 3.63. The predicted octanol–water partition coefficient (Wildman–Crippen LogP) is -5.10. The molecule has 0 saturated heterocycles. The van der Waals surface area contributed by atoms with E-state index in [1.807, 2.05) is 30.3 Å². The minimum Gasteiger partial charge on any atom is -0.784 e. The summed E-state index contributed by atoms with van der Waals surface area (Å²) in [6.45, 7) is 0. The Balaban J connectivity index is 0. The van der Waals surface area contributed by atoms with Gasteiger partial charge < -0.3 is 9.11 Å². The molecule has 3 nitrogen and oxygen atoms in total. The second-order valence-corrected chi connectivity index (χ2v) is 7.79. The zero-order valence-corrected chi connectivity index (χ0v) is 14.8. The second-order valence-electron chi connectivity index (χ2n) is 2.61. The molecule has 0 N–H and O–H groups in total. The first kappa shape index (κ1) is 19.0. The van der Waals surface area contributed by atoms with Gasteiger partial charge in [-0.1, -0.05) is 30.3 Å². The van der Waals surface area contributed by atoms with Gasteiger partial charge in [0.2, 0.25) is 0 Å². The average Bonchev–Trinajstić information content (AvgIpc) is 2.04. The standard InChI is InChI=1S/C8H12O3S2.2Na/c1-12(13(9,10)11)7-8-5-3-2-4-6-8;;/h2-6H,7H2,1H3,(H2,9,10,11);;/q;2*+1/p-2. The van der Waals surface area contributed by atoms with Crippen LogP contribution in [0.1, 0.15) is 5.56 Å². The number of rotatable bonds is 2. The van der Waals surface area contributed by atoms with Crippen LogP contribution in [0.4, 0.5) is 0 Å². The molecule has 1 atom stereocenters. The molecule has 15 heavy (non-hydrogen) atoms. The van der Waals surface area contributed by atoms with E-state index in [0.29, 0.717) is 5.75 Å². The van der Waals surface area contributed by atoms with Crippen molar-refractivity contribution in [3.63, 3.8) is 0 Å². The van der Waals surface area contributed by atoms with E-state index in [1.165, 1.54) is 6.26 Å². The summed E-state index contributed by atoms with van der Waals surface area (Å²) in [5.74, 6) is 0.312. The maximum Gasteiger partial charge on any atom is 1.00 e. The van der Waals surface area contributed by atoms with Gasteiger partial charge in [-0.3, -0.25) is 4.21 Å². The van der Waals surface area contributed by atoms with Gasteiger partial charge in [0.1, 0.15) is 0 Å². The van der Waals surface area contributed by atoms with E-state index >= 15 is 0 Å². The third-order valence-corrected chi connectivity index (χ3v) is 5.44. The maximum atomic E-state index is 10.6. The van der Waals surface area contributed by atoms with Gasteiger partial charge in [-0.25, -0.2) is 0 Å². The van der Waals surface area contributed by atoms with Gasteiger partial charge in [-0.15, -0.1) is 9.05 Å². The Morgan fingerprint density at radius 1 is 1.20 bits per heavy atom. The van der Waals surface area contributed by atoms with Gasteiger partial charge in [0, 0.05) is 5.75 Å². The molecule has 0 heterocycles. The van der Waals surface area contributed by atoms with Crippen molar-refractivity contribution in [2.45, 2.75) is 5.75 Å². The van der Waals surface area contributed by atoms with Gasteiger partial charge in [0.05, 0.1) is 0 Å². The number of benzene rings is 1. The maximum absolute atomic E-state index is 10.6. The van der Waals surface area contributed by atoms with E-state index in [4.69, 9.17) is 0 Å². The molecule has 0 aromatic heterocycles. The van der Waals surface area contributed by atoms with Crippen molar-refractivity contribution in [3.05, 3.63) is 35.9 Å². The summed E-state index contributed by atoms with van der Waals surface area (Å²) in [5.41, 5.74) is 0.882. The summed E-state index contributed by atoms with van der Waals surface area (Å²) in [6, 6.07) is 9.13. The van der Waals surface area contributed by atoms with Crippen LogP contribution in [0.5, 0.6) is 0 Å². The van der Waals surface area contributed by atoms with Crippen LogP contribution < -0.4 is 59.1 Å². The fourth-order valence-electron chi connectivity index (χ4n) is 0.881. The molecule has 7 heteroatoms. The molecule has 0 aliphatic heterocycles. The molecule has 1 aromatic carbocycles. The van der Waals surface area contributed by atoms with Gasteiger partial charge in [-0.2, -0.15) is 9.45 Å². The van der Waals surface area contributed by atoms with Gasteiger partial charge >= 0.3 is 59.1 Å². The van der Waals surface area contributed by atoms with E-state index in [1.54, 1.807) is 0 Å². The summed E-state index contributed by atoms with van der Waals surface area (Å²) in [5, 5.41) is 0. The molecule has 0 saturated carbocycles. The Hall–Kier alpha value is 1.64. The molecule has 0 fully saturated rings. The molecule has 0 aliphatic carbocycles. The SMILES string of the molecule is CS(Cc1ccccc1)=S(=O)([O-])[O-].[Na+].[Na+]. The van der Waals surface area contributed by atoms with Crippen LogP contribution in [0.3, 0.4) is 0 Å². The van der Waals surface area contributed by atoms with Crippen molar-refractivity contribution in [2.75, 3.05) is 6.26 Å². The van der Waals surface area contributed by atoms with Crippen molar-refractivity contribution < 1.29 is 72.4 Å². The zero-order valence-electron chi connectivity index (χ0n) is 9.14. The van der Waals surface area contributed by atoms with E-state index in [2.05, 4.69) is 0 Å². The normalized spacial score (nSPS) is 12.2. The molecule has 1 rings (SSSR count). The molecule has 74 valence electrons. The molecule has 0 spiro atoms. The largest absolute Gasteiger partial charge is 1.00 e. The molecular weight excluding hydrogens is 254 g/mol. The van der Waals surface area contributed by atoms with Crippen molar-refractivity contribution in [2.24, 2.45) is 0 Å². The first-order chi connectivity index (χ1) is 6.00. The minimum absolute atomic E-state index is 0. The molecule has 0 aliphatic rings. The van der Waals surface area contributed by atoms with E-state index in [-0.39, 0.29) is 59.1 Å². The molecule has 0 bridgehead atoms.